The van der Waals surface area contributed by atoms with E-state index in [9.17, 15) is 4.39 Å². The summed E-state index contributed by atoms with van der Waals surface area (Å²) in [5.74, 6) is 0.750. The van der Waals surface area contributed by atoms with Gasteiger partial charge in [-0.25, -0.2) is 4.39 Å². The Hall–Kier alpha value is -0.910. The van der Waals surface area contributed by atoms with Crippen molar-refractivity contribution >= 4 is 31.9 Å². The summed E-state index contributed by atoms with van der Waals surface area (Å²) in [6, 6.07) is 10.2. The van der Waals surface area contributed by atoms with Crippen LogP contribution in [0.2, 0.25) is 0 Å². The van der Waals surface area contributed by atoms with Crippen molar-refractivity contribution in [2.75, 3.05) is 0 Å². The van der Waals surface area contributed by atoms with E-state index in [4.69, 9.17) is 10.5 Å². The van der Waals surface area contributed by atoms with Crippen molar-refractivity contribution < 1.29 is 9.13 Å². The molecule has 5 heteroatoms. The predicted molar refractivity (Wildman–Crippen MR) is 90.3 cm³/mol. The van der Waals surface area contributed by atoms with Crippen molar-refractivity contribution in [1.82, 2.24) is 0 Å². The van der Waals surface area contributed by atoms with Crippen molar-refractivity contribution in [3.63, 3.8) is 0 Å². The molecule has 2 N–H and O–H groups in total. The van der Waals surface area contributed by atoms with Crippen molar-refractivity contribution in [2.24, 2.45) is 5.73 Å². The third kappa shape index (κ3) is 4.53. The lowest BCUT2D eigenvalue weighted by Crippen LogP contribution is -2.21. The van der Waals surface area contributed by atoms with Crippen LogP contribution in [0.5, 0.6) is 11.5 Å². The van der Waals surface area contributed by atoms with Gasteiger partial charge in [-0.2, -0.15) is 0 Å². The van der Waals surface area contributed by atoms with E-state index in [1.54, 1.807) is 6.07 Å². The first-order valence-corrected chi connectivity index (χ1v) is 8.25. The van der Waals surface area contributed by atoms with Crippen molar-refractivity contribution in [2.45, 2.75) is 25.8 Å². The smallest absolute Gasteiger partial charge is 0.144 e. The molecule has 2 rings (SSSR count). The summed E-state index contributed by atoms with van der Waals surface area (Å²) in [7, 11) is 0. The number of rotatable bonds is 5. The zero-order valence-electron chi connectivity index (χ0n) is 11.6. The first-order valence-electron chi connectivity index (χ1n) is 6.66. The molecule has 0 aliphatic heterocycles. The number of ether oxygens (including phenoxy) is 1. The molecule has 0 amide bonds. The Morgan fingerprint density at radius 2 is 1.90 bits per heavy atom. The molecule has 0 fully saturated rings. The average Bonchev–Trinajstić information content (AvgIpc) is 2.45. The van der Waals surface area contributed by atoms with E-state index in [-0.39, 0.29) is 11.9 Å². The minimum atomic E-state index is -0.335. The predicted octanol–water partition coefficient (Wildman–Crippen LogP) is 5.42. The van der Waals surface area contributed by atoms with Gasteiger partial charge < -0.3 is 10.5 Å². The molecule has 0 bridgehead atoms. The normalized spacial score (nSPS) is 12.2. The maximum Gasteiger partial charge on any atom is 0.144 e. The maximum atomic E-state index is 13.3. The van der Waals surface area contributed by atoms with Crippen LogP contribution in [0.25, 0.3) is 0 Å². The van der Waals surface area contributed by atoms with Crippen LogP contribution in [0.4, 0.5) is 4.39 Å². The van der Waals surface area contributed by atoms with Gasteiger partial charge >= 0.3 is 0 Å². The fourth-order valence-electron chi connectivity index (χ4n) is 1.87. The largest absolute Gasteiger partial charge is 0.456 e. The Morgan fingerprint density at radius 1 is 1.14 bits per heavy atom. The standard InChI is InChI=1S/C16H16Br2FNO/c1-2-12(20)7-10-3-5-13(9-15(10)18)21-16-8-11(19)4-6-14(16)17/h3-6,8-9,12H,2,7,20H2,1H3. The van der Waals surface area contributed by atoms with Crippen LogP contribution in [0.3, 0.4) is 0 Å². The van der Waals surface area contributed by atoms with Gasteiger partial charge in [-0.3, -0.25) is 0 Å². The summed E-state index contributed by atoms with van der Waals surface area (Å²) in [6.07, 6.45) is 1.74. The van der Waals surface area contributed by atoms with E-state index in [0.717, 1.165) is 22.9 Å². The molecule has 0 radical (unpaired) electrons. The van der Waals surface area contributed by atoms with E-state index in [2.05, 4.69) is 38.8 Å². The second kappa shape index (κ2) is 7.38. The van der Waals surface area contributed by atoms with E-state index in [0.29, 0.717) is 16.0 Å². The zero-order chi connectivity index (χ0) is 15.4. The summed E-state index contributed by atoms with van der Waals surface area (Å²) >= 11 is 6.87. The first-order chi connectivity index (χ1) is 9.99. The summed E-state index contributed by atoms with van der Waals surface area (Å²) in [5.41, 5.74) is 7.11. The van der Waals surface area contributed by atoms with Gasteiger partial charge in [-0.05, 0) is 58.6 Å². The molecule has 0 aliphatic carbocycles. The lowest BCUT2D eigenvalue weighted by atomic mass is 10.0. The molecular formula is C16H16Br2FNO. The second-order valence-electron chi connectivity index (χ2n) is 4.80. The molecule has 2 nitrogen and oxygen atoms in total. The van der Waals surface area contributed by atoms with Gasteiger partial charge in [0, 0.05) is 16.6 Å². The van der Waals surface area contributed by atoms with Crippen LogP contribution >= 0.6 is 31.9 Å². The molecule has 0 saturated heterocycles. The van der Waals surface area contributed by atoms with Gasteiger partial charge in [0.25, 0.3) is 0 Å². The van der Waals surface area contributed by atoms with Crippen molar-refractivity contribution in [3.8, 4) is 11.5 Å². The fourth-order valence-corrected chi connectivity index (χ4v) is 2.71. The Kier molecular flexibility index (Phi) is 5.79. The molecule has 0 saturated carbocycles. The van der Waals surface area contributed by atoms with Crippen LogP contribution in [-0.4, -0.2) is 6.04 Å². The molecule has 0 aromatic heterocycles. The molecule has 112 valence electrons. The van der Waals surface area contributed by atoms with Gasteiger partial charge in [0.05, 0.1) is 4.47 Å². The van der Waals surface area contributed by atoms with Crippen molar-refractivity contribution in [1.29, 1.82) is 0 Å². The minimum Gasteiger partial charge on any atom is -0.456 e. The number of hydrogen-bond donors (Lipinski definition) is 1. The van der Waals surface area contributed by atoms with E-state index in [1.807, 2.05) is 18.2 Å². The van der Waals surface area contributed by atoms with Gasteiger partial charge in [-0.1, -0.05) is 28.9 Å². The van der Waals surface area contributed by atoms with E-state index in [1.165, 1.54) is 12.1 Å². The lowest BCUT2D eigenvalue weighted by Gasteiger charge is -2.13. The topological polar surface area (TPSA) is 35.2 Å². The van der Waals surface area contributed by atoms with Crippen LogP contribution in [0.1, 0.15) is 18.9 Å². The summed E-state index contributed by atoms with van der Waals surface area (Å²) in [6.45, 7) is 2.07. The Balaban J connectivity index is 2.18. The van der Waals surface area contributed by atoms with Gasteiger partial charge in [0.1, 0.15) is 17.3 Å². The SMILES string of the molecule is CCC(N)Cc1ccc(Oc2cc(F)ccc2Br)cc1Br. The Morgan fingerprint density at radius 3 is 2.57 bits per heavy atom. The highest BCUT2D eigenvalue weighted by Crippen LogP contribution is 2.32. The molecule has 0 aliphatic rings. The highest BCUT2D eigenvalue weighted by atomic mass is 79.9. The monoisotopic (exact) mass is 415 g/mol. The fraction of sp³-hybridized carbons (Fsp3) is 0.250. The minimum absolute atomic E-state index is 0.144. The Bertz CT molecular complexity index is 634. The lowest BCUT2D eigenvalue weighted by molar-refractivity contribution is 0.473. The zero-order valence-corrected chi connectivity index (χ0v) is 14.7. The summed E-state index contributed by atoms with van der Waals surface area (Å²) < 4.78 is 20.6. The molecule has 1 unspecified atom stereocenters. The molecule has 21 heavy (non-hydrogen) atoms. The van der Waals surface area contributed by atoms with Gasteiger partial charge in [-0.15, -0.1) is 0 Å². The first kappa shape index (κ1) is 16.5. The van der Waals surface area contributed by atoms with E-state index < -0.39 is 0 Å². The van der Waals surface area contributed by atoms with E-state index >= 15 is 0 Å². The highest BCUT2D eigenvalue weighted by molar-refractivity contribution is 9.10. The van der Waals surface area contributed by atoms with Crippen LogP contribution in [0, 0.1) is 5.82 Å². The van der Waals surface area contributed by atoms with Crippen LogP contribution < -0.4 is 10.5 Å². The average molecular weight is 417 g/mol. The van der Waals surface area contributed by atoms with Crippen LogP contribution in [-0.2, 0) is 6.42 Å². The third-order valence-electron chi connectivity index (χ3n) is 3.15. The highest BCUT2D eigenvalue weighted by Gasteiger charge is 2.09. The number of hydrogen-bond acceptors (Lipinski definition) is 2. The quantitative estimate of drug-likeness (QED) is 0.705. The third-order valence-corrected chi connectivity index (χ3v) is 4.55. The molecule has 0 heterocycles. The maximum absolute atomic E-state index is 13.3. The number of nitrogens with two attached hydrogens (primary N) is 1. The van der Waals surface area contributed by atoms with Gasteiger partial charge in [0.2, 0.25) is 0 Å². The molecule has 2 aromatic rings. The summed E-state index contributed by atoms with van der Waals surface area (Å²) in [4.78, 5) is 0. The number of halogens is 3. The molecule has 1 atom stereocenters. The summed E-state index contributed by atoms with van der Waals surface area (Å²) in [5, 5.41) is 0. The number of benzene rings is 2. The second-order valence-corrected chi connectivity index (χ2v) is 6.51. The molecule has 0 spiro atoms. The van der Waals surface area contributed by atoms with Crippen LogP contribution in [0.15, 0.2) is 45.3 Å². The molecule has 2 aromatic carbocycles. The Labute approximate surface area is 140 Å². The van der Waals surface area contributed by atoms with Crippen molar-refractivity contribution in [3.05, 3.63) is 56.7 Å². The molecular weight excluding hydrogens is 401 g/mol. The van der Waals surface area contributed by atoms with Gasteiger partial charge in [0.15, 0.2) is 0 Å².